The molecule has 2 aliphatic carbocycles. The standard InChI is InChI=1S/C16H21NO/c1-11-6-7-16(10-14(16)8-11)13-4-3-5-15(9-13)17-12(2)18/h3-5,9,11,14H,6-8,10H2,1-2H3,(H,17,18)/t11?,14?,16-/m1/s1. The van der Waals surface area contributed by atoms with Gasteiger partial charge in [0.2, 0.25) is 5.91 Å². The minimum Gasteiger partial charge on any atom is -0.326 e. The van der Waals surface area contributed by atoms with E-state index in [0.717, 1.165) is 17.5 Å². The molecule has 0 radical (unpaired) electrons. The molecular formula is C16H21NO. The zero-order valence-corrected chi connectivity index (χ0v) is 11.2. The van der Waals surface area contributed by atoms with Crippen molar-refractivity contribution in [2.45, 2.75) is 44.9 Å². The van der Waals surface area contributed by atoms with E-state index < -0.39 is 0 Å². The summed E-state index contributed by atoms with van der Waals surface area (Å²) >= 11 is 0. The summed E-state index contributed by atoms with van der Waals surface area (Å²) in [6.45, 7) is 3.93. The van der Waals surface area contributed by atoms with Crippen molar-refractivity contribution < 1.29 is 4.79 Å². The number of carbonyl (C=O) groups is 1. The Balaban J connectivity index is 1.83. The summed E-state index contributed by atoms with van der Waals surface area (Å²) in [5.74, 6) is 1.78. The highest BCUT2D eigenvalue weighted by molar-refractivity contribution is 5.88. The molecule has 0 saturated heterocycles. The van der Waals surface area contributed by atoms with Crippen molar-refractivity contribution in [3.63, 3.8) is 0 Å². The Morgan fingerprint density at radius 3 is 3.00 bits per heavy atom. The van der Waals surface area contributed by atoms with Crippen molar-refractivity contribution in [1.29, 1.82) is 0 Å². The number of hydrogen-bond acceptors (Lipinski definition) is 1. The van der Waals surface area contributed by atoms with Crippen LogP contribution in [0.3, 0.4) is 0 Å². The van der Waals surface area contributed by atoms with E-state index in [2.05, 4.69) is 30.4 Å². The zero-order chi connectivity index (χ0) is 12.8. The van der Waals surface area contributed by atoms with Crippen molar-refractivity contribution in [1.82, 2.24) is 0 Å². The van der Waals surface area contributed by atoms with E-state index in [1.54, 1.807) is 6.92 Å². The fourth-order valence-corrected chi connectivity index (χ4v) is 3.71. The summed E-state index contributed by atoms with van der Waals surface area (Å²) in [5, 5.41) is 2.89. The van der Waals surface area contributed by atoms with Gasteiger partial charge in [0.25, 0.3) is 0 Å². The monoisotopic (exact) mass is 243 g/mol. The van der Waals surface area contributed by atoms with Crippen molar-refractivity contribution >= 4 is 11.6 Å². The van der Waals surface area contributed by atoms with Crippen LogP contribution in [-0.4, -0.2) is 5.91 Å². The molecule has 2 aliphatic rings. The lowest BCUT2D eigenvalue weighted by atomic mass is 9.78. The van der Waals surface area contributed by atoms with Crippen LogP contribution >= 0.6 is 0 Å². The van der Waals surface area contributed by atoms with Crippen LogP contribution in [0.2, 0.25) is 0 Å². The first-order valence-electron chi connectivity index (χ1n) is 6.98. The van der Waals surface area contributed by atoms with E-state index in [4.69, 9.17) is 0 Å². The Bertz CT molecular complexity index is 482. The number of benzene rings is 1. The van der Waals surface area contributed by atoms with Crippen molar-refractivity contribution in [3.05, 3.63) is 29.8 Å². The van der Waals surface area contributed by atoms with Crippen molar-refractivity contribution in [2.24, 2.45) is 11.8 Å². The summed E-state index contributed by atoms with van der Waals surface area (Å²) in [7, 11) is 0. The number of carbonyl (C=O) groups excluding carboxylic acids is 1. The van der Waals surface area contributed by atoms with Crippen molar-refractivity contribution in [3.8, 4) is 0 Å². The molecule has 3 rings (SSSR count). The molecule has 0 bridgehead atoms. The molecule has 0 aromatic heterocycles. The lowest BCUT2D eigenvalue weighted by Gasteiger charge is -2.26. The number of fused-ring (bicyclic) bond motifs is 1. The Morgan fingerprint density at radius 1 is 1.44 bits per heavy atom. The predicted molar refractivity (Wildman–Crippen MR) is 73.5 cm³/mol. The first-order valence-corrected chi connectivity index (χ1v) is 6.98. The molecule has 3 atom stereocenters. The van der Waals surface area contributed by atoms with Crippen LogP contribution in [0.5, 0.6) is 0 Å². The maximum Gasteiger partial charge on any atom is 0.221 e. The third-order valence-corrected chi connectivity index (χ3v) is 4.76. The third kappa shape index (κ3) is 1.94. The molecular weight excluding hydrogens is 222 g/mol. The smallest absolute Gasteiger partial charge is 0.221 e. The van der Waals surface area contributed by atoms with Gasteiger partial charge in [-0.15, -0.1) is 0 Å². The van der Waals surface area contributed by atoms with Crippen LogP contribution < -0.4 is 5.32 Å². The summed E-state index contributed by atoms with van der Waals surface area (Å²) in [6, 6.07) is 8.46. The second-order valence-electron chi connectivity index (χ2n) is 6.20. The summed E-state index contributed by atoms with van der Waals surface area (Å²) in [6.07, 6.45) is 5.40. The van der Waals surface area contributed by atoms with E-state index in [1.807, 2.05) is 6.07 Å². The second-order valence-corrected chi connectivity index (χ2v) is 6.20. The largest absolute Gasteiger partial charge is 0.326 e. The molecule has 1 amide bonds. The molecule has 96 valence electrons. The molecule has 0 aliphatic heterocycles. The fraction of sp³-hybridized carbons (Fsp3) is 0.562. The molecule has 0 heterocycles. The van der Waals surface area contributed by atoms with Crippen LogP contribution in [0.25, 0.3) is 0 Å². The van der Waals surface area contributed by atoms with E-state index in [-0.39, 0.29) is 5.91 Å². The number of nitrogens with one attached hydrogen (secondary N) is 1. The van der Waals surface area contributed by atoms with Gasteiger partial charge in [-0.05, 0) is 60.6 Å². The van der Waals surface area contributed by atoms with Gasteiger partial charge in [-0.3, -0.25) is 4.79 Å². The average Bonchev–Trinajstić information content (AvgIpc) is 3.03. The Kier molecular flexibility index (Phi) is 2.69. The SMILES string of the molecule is CC(=O)Nc1cccc([C@]23CCC(C)CC2C3)c1. The highest BCUT2D eigenvalue weighted by Crippen LogP contribution is 2.63. The van der Waals surface area contributed by atoms with E-state index in [1.165, 1.54) is 31.2 Å². The number of hydrogen-bond donors (Lipinski definition) is 1. The van der Waals surface area contributed by atoms with Gasteiger partial charge in [0.05, 0.1) is 0 Å². The average molecular weight is 243 g/mol. The molecule has 18 heavy (non-hydrogen) atoms. The fourth-order valence-electron chi connectivity index (χ4n) is 3.71. The Labute approximate surface area is 109 Å². The van der Waals surface area contributed by atoms with Gasteiger partial charge in [-0.2, -0.15) is 0 Å². The van der Waals surface area contributed by atoms with Gasteiger partial charge in [-0.25, -0.2) is 0 Å². The minimum atomic E-state index is 0.00858. The lowest BCUT2D eigenvalue weighted by molar-refractivity contribution is -0.114. The molecule has 1 aromatic rings. The minimum absolute atomic E-state index is 0.00858. The highest BCUT2D eigenvalue weighted by Gasteiger charge is 2.56. The van der Waals surface area contributed by atoms with Crippen molar-refractivity contribution in [2.75, 3.05) is 5.32 Å². The van der Waals surface area contributed by atoms with Gasteiger partial charge in [0, 0.05) is 12.6 Å². The second kappa shape index (κ2) is 4.11. The van der Waals surface area contributed by atoms with Gasteiger partial charge in [-0.1, -0.05) is 19.1 Å². The predicted octanol–water partition coefficient (Wildman–Crippen LogP) is 3.72. The summed E-state index contributed by atoms with van der Waals surface area (Å²) in [4.78, 5) is 11.1. The van der Waals surface area contributed by atoms with Gasteiger partial charge in [0.15, 0.2) is 0 Å². The highest BCUT2D eigenvalue weighted by atomic mass is 16.1. The third-order valence-electron chi connectivity index (χ3n) is 4.76. The van der Waals surface area contributed by atoms with Gasteiger partial charge >= 0.3 is 0 Å². The Morgan fingerprint density at radius 2 is 2.28 bits per heavy atom. The maximum absolute atomic E-state index is 11.1. The molecule has 0 spiro atoms. The first-order chi connectivity index (χ1) is 8.60. The Hall–Kier alpha value is -1.31. The quantitative estimate of drug-likeness (QED) is 0.842. The number of anilines is 1. The molecule has 2 nitrogen and oxygen atoms in total. The molecule has 2 heteroatoms. The topological polar surface area (TPSA) is 29.1 Å². The van der Waals surface area contributed by atoms with Crippen LogP contribution in [0, 0.1) is 11.8 Å². The van der Waals surface area contributed by atoms with E-state index >= 15 is 0 Å². The first kappa shape index (κ1) is 11.8. The van der Waals surface area contributed by atoms with Gasteiger partial charge in [0.1, 0.15) is 0 Å². The molecule has 2 unspecified atom stereocenters. The number of amides is 1. The normalized spacial score (nSPS) is 33.7. The lowest BCUT2D eigenvalue weighted by Crippen LogP contribution is -2.18. The van der Waals surface area contributed by atoms with Crippen LogP contribution in [0.4, 0.5) is 5.69 Å². The van der Waals surface area contributed by atoms with Gasteiger partial charge < -0.3 is 5.32 Å². The van der Waals surface area contributed by atoms with E-state index in [9.17, 15) is 4.79 Å². The summed E-state index contributed by atoms with van der Waals surface area (Å²) < 4.78 is 0. The molecule has 1 N–H and O–H groups in total. The number of rotatable bonds is 2. The molecule has 1 aromatic carbocycles. The maximum atomic E-state index is 11.1. The molecule has 2 saturated carbocycles. The van der Waals surface area contributed by atoms with Crippen LogP contribution in [0.1, 0.15) is 45.1 Å². The van der Waals surface area contributed by atoms with Crippen LogP contribution in [-0.2, 0) is 10.2 Å². The van der Waals surface area contributed by atoms with Crippen LogP contribution in [0.15, 0.2) is 24.3 Å². The van der Waals surface area contributed by atoms with E-state index in [0.29, 0.717) is 5.41 Å². The summed E-state index contributed by atoms with van der Waals surface area (Å²) in [5.41, 5.74) is 2.82. The molecule has 2 fully saturated rings. The zero-order valence-electron chi connectivity index (χ0n) is 11.2.